The summed E-state index contributed by atoms with van der Waals surface area (Å²) < 4.78 is 22.5. The standard InChI is InChI=1S/C21H24FN5O2/c1-3-21(2)8-4-5-17(19(21)22)29-18-12-24-20(26-25-18)15-7-6-14(11-16(15)28)27-10-9-23-13-27/h6-7,9-13,17,19,28H,3-5,8H2,1-2H3/t17-,19-,21+/m1/s1. The van der Waals surface area contributed by atoms with Gasteiger partial charge < -0.3 is 14.4 Å². The van der Waals surface area contributed by atoms with Gasteiger partial charge in [-0.15, -0.1) is 10.2 Å². The highest BCUT2D eigenvalue weighted by molar-refractivity contribution is 5.65. The van der Waals surface area contributed by atoms with Crippen molar-refractivity contribution in [3.63, 3.8) is 0 Å². The Morgan fingerprint density at radius 1 is 1.34 bits per heavy atom. The average Bonchev–Trinajstić information content (AvgIpc) is 3.27. The zero-order valence-corrected chi connectivity index (χ0v) is 16.5. The van der Waals surface area contributed by atoms with E-state index in [2.05, 4.69) is 20.2 Å². The van der Waals surface area contributed by atoms with Crippen LogP contribution < -0.4 is 4.74 Å². The molecule has 0 spiro atoms. The third-order valence-corrected chi connectivity index (χ3v) is 5.87. The minimum absolute atomic E-state index is 0.0292. The van der Waals surface area contributed by atoms with Crippen LogP contribution >= 0.6 is 0 Å². The third-order valence-electron chi connectivity index (χ3n) is 5.87. The van der Waals surface area contributed by atoms with Crippen molar-refractivity contribution >= 4 is 0 Å². The Labute approximate surface area is 168 Å². The van der Waals surface area contributed by atoms with Crippen molar-refractivity contribution in [2.24, 2.45) is 5.41 Å². The highest BCUT2D eigenvalue weighted by Crippen LogP contribution is 2.42. The van der Waals surface area contributed by atoms with E-state index in [0.29, 0.717) is 12.0 Å². The summed E-state index contributed by atoms with van der Waals surface area (Å²) in [5, 5.41) is 18.5. The molecule has 29 heavy (non-hydrogen) atoms. The normalized spacial score (nSPS) is 24.4. The van der Waals surface area contributed by atoms with Crippen LogP contribution in [-0.2, 0) is 0 Å². The minimum Gasteiger partial charge on any atom is -0.507 e. The molecule has 1 fully saturated rings. The number of aromatic hydroxyl groups is 1. The number of imidazole rings is 1. The van der Waals surface area contributed by atoms with Gasteiger partial charge >= 0.3 is 0 Å². The van der Waals surface area contributed by atoms with E-state index in [4.69, 9.17) is 4.74 Å². The van der Waals surface area contributed by atoms with E-state index in [0.717, 1.165) is 24.9 Å². The molecule has 1 aromatic carbocycles. The third kappa shape index (κ3) is 3.79. The van der Waals surface area contributed by atoms with E-state index in [1.165, 1.54) is 6.20 Å². The van der Waals surface area contributed by atoms with Crippen molar-refractivity contribution in [1.82, 2.24) is 24.7 Å². The summed E-state index contributed by atoms with van der Waals surface area (Å²) in [5.74, 6) is 0.489. The highest BCUT2D eigenvalue weighted by atomic mass is 19.1. The van der Waals surface area contributed by atoms with E-state index < -0.39 is 12.3 Å². The van der Waals surface area contributed by atoms with Gasteiger partial charge in [0.2, 0.25) is 0 Å². The molecule has 1 saturated carbocycles. The van der Waals surface area contributed by atoms with Gasteiger partial charge in [-0.1, -0.05) is 13.8 Å². The van der Waals surface area contributed by atoms with Gasteiger partial charge in [-0.3, -0.25) is 0 Å². The van der Waals surface area contributed by atoms with Crippen LogP contribution in [-0.4, -0.2) is 42.1 Å². The molecular formula is C21H24FN5O2. The molecule has 2 aromatic heterocycles. The topological polar surface area (TPSA) is 86.0 Å². The number of phenols is 1. The largest absolute Gasteiger partial charge is 0.507 e. The first-order chi connectivity index (χ1) is 14.0. The Morgan fingerprint density at radius 3 is 2.86 bits per heavy atom. The zero-order valence-electron chi connectivity index (χ0n) is 16.5. The predicted octanol–water partition coefficient (Wildman–Crippen LogP) is 4.12. The number of phenolic OH excluding ortho intramolecular Hbond substituents is 1. The smallest absolute Gasteiger partial charge is 0.252 e. The van der Waals surface area contributed by atoms with E-state index in [9.17, 15) is 9.50 Å². The van der Waals surface area contributed by atoms with E-state index in [-0.39, 0.29) is 22.9 Å². The fourth-order valence-corrected chi connectivity index (χ4v) is 3.81. The summed E-state index contributed by atoms with van der Waals surface area (Å²) in [6.45, 7) is 3.98. The van der Waals surface area contributed by atoms with Crippen LogP contribution in [0.3, 0.4) is 0 Å². The minimum atomic E-state index is -1.05. The van der Waals surface area contributed by atoms with E-state index >= 15 is 0 Å². The maximum Gasteiger partial charge on any atom is 0.252 e. The molecule has 0 bridgehead atoms. The molecule has 0 amide bonds. The lowest BCUT2D eigenvalue weighted by atomic mass is 9.71. The van der Waals surface area contributed by atoms with Crippen molar-refractivity contribution in [2.75, 3.05) is 0 Å². The van der Waals surface area contributed by atoms with Gasteiger partial charge in [0, 0.05) is 23.9 Å². The number of hydrogen-bond donors (Lipinski definition) is 1. The Bertz CT molecular complexity index is 964. The quantitative estimate of drug-likeness (QED) is 0.697. The number of benzene rings is 1. The summed E-state index contributed by atoms with van der Waals surface area (Å²) in [4.78, 5) is 8.24. The lowest BCUT2D eigenvalue weighted by Crippen LogP contribution is -2.44. The molecule has 0 aliphatic heterocycles. The molecule has 2 heterocycles. The molecule has 3 atom stereocenters. The van der Waals surface area contributed by atoms with Crippen LogP contribution in [0.15, 0.2) is 43.1 Å². The first-order valence-corrected chi connectivity index (χ1v) is 9.82. The van der Waals surface area contributed by atoms with Gasteiger partial charge in [-0.25, -0.2) is 14.4 Å². The second-order valence-electron chi connectivity index (χ2n) is 7.75. The fraction of sp³-hybridized carbons (Fsp3) is 0.429. The monoisotopic (exact) mass is 397 g/mol. The van der Waals surface area contributed by atoms with Crippen LogP contribution in [0, 0.1) is 5.41 Å². The molecule has 7 nitrogen and oxygen atoms in total. The van der Waals surface area contributed by atoms with Gasteiger partial charge in [0.25, 0.3) is 5.88 Å². The molecule has 152 valence electrons. The number of alkyl halides is 1. The van der Waals surface area contributed by atoms with Crippen LogP contribution in [0.5, 0.6) is 11.6 Å². The molecule has 3 aromatic rings. The lowest BCUT2D eigenvalue weighted by molar-refractivity contribution is -0.0305. The second kappa shape index (κ2) is 7.77. The number of ether oxygens (including phenoxy) is 1. The van der Waals surface area contributed by atoms with Crippen LogP contribution in [0.1, 0.15) is 39.5 Å². The molecule has 1 N–H and O–H groups in total. The lowest BCUT2D eigenvalue weighted by Gasteiger charge is -2.40. The van der Waals surface area contributed by atoms with Crippen molar-refractivity contribution in [3.8, 4) is 28.7 Å². The molecule has 0 radical (unpaired) electrons. The predicted molar refractivity (Wildman–Crippen MR) is 106 cm³/mol. The number of halogens is 1. The molecule has 1 aliphatic carbocycles. The fourth-order valence-electron chi connectivity index (χ4n) is 3.81. The van der Waals surface area contributed by atoms with Gasteiger partial charge in [-0.2, -0.15) is 0 Å². The van der Waals surface area contributed by atoms with Crippen LogP contribution in [0.25, 0.3) is 17.1 Å². The molecule has 0 unspecified atom stereocenters. The summed E-state index contributed by atoms with van der Waals surface area (Å²) in [6.07, 6.45) is 8.12. The maximum atomic E-state index is 14.9. The van der Waals surface area contributed by atoms with Gasteiger partial charge in [-0.05, 0) is 37.8 Å². The Morgan fingerprint density at radius 2 is 2.21 bits per heavy atom. The summed E-state index contributed by atoms with van der Waals surface area (Å²) in [5.41, 5.74) is 0.849. The summed E-state index contributed by atoms with van der Waals surface area (Å²) in [7, 11) is 0. The number of aromatic nitrogens is 5. The molecule has 8 heteroatoms. The molecule has 1 aliphatic rings. The average molecular weight is 397 g/mol. The van der Waals surface area contributed by atoms with Crippen molar-refractivity contribution < 1.29 is 14.2 Å². The first-order valence-electron chi connectivity index (χ1n) is 9.82. The first kappa shape index (κ1) is 19.3. The van der Waals surface area contributed by atoms with Gasteiger partial charge in [0.1, 0.15) is 18.0 Å². The van der Waals surface area contributed by atoms with E-state index in [1.807, 2.05) is 19.9 Å². The molecular weight excluding hydrogens is 373 g/mol. The van der Waals surface area contributed by atoms with Crippen LogP contribution in [0.4, 0.5) is 4.39 Å². The highest BCUT2D eigenvalue weighted by Gasteiger charge is 2.43. The van der Waals surface area contributed by atoms with Gasteiger partial charge in [0.05, 0.1) is 23.8 Å². The van der Waals surface area contributed by atoms with Crippen molar-refractivity contribution in [1.29, 1.82) is 0 Å². The Balaban J connectivity index is 1.50. The maximum absolute atomic E-state index is 14.9. The molecule has 0 saturated heterocycles. The Hall–Kier alpha value is -3.03. The van der Waals surface area contributed by atoms with Crippen LogP contribution in [0.2, 0.25) is 0 Å². The number of rotatable bonds is 5. The Kier molecular flexibility index (Phi) is 5.17. The number of nitrogens with zero attached hydrogens (tertiary/aromatic N) is 5. The zero-order chi connectivity index (χ0) is 20.4. The summed E-state index contributed by atoms with van der Waals surface area (Å²) >= 11 is 0. The van der Waals surface area contributed by atoms with E-state index in [1.54, 1.807) is 35.4 Å². The SMILES string of the molecule is CC[C@@]1(C)CCC[C@@H](Oc2cnc(-c3ccc(-n4ccnc4)cc3O)nn2)[C@H]1F. The second-order valence-corrected chi connectivity index (χ2v) is 7.75. The summed E-state index contributed by atoms with van der Waals surface area (Å²) in [6, 6.07) is 5.14. The molecule has 4 rings (SSSR count). The van der Waals surface area contributed by atoms with Crippen molar-refractivity contribution in [3.05, 3.63) is 43.1 Å². The van der Waals surface area contributed by atoms with Gasteiger partial charge in [0.15, 0.2) is 5.82 Å². The van der Waals surface area contributed by atoms with Crippen molar-refractivity contribution in [2.45, 2.75) is 51.8 Å². The number of hydrogen-bond acceptors (Lipinski definition) is 6.